The number of ether oxygens (including phenoxy) is 1. The predicted molar refractivity (Wildman–Crippen MR) is 80.5 cm³/mol. The topological polar surface area (TPSA) is 64.3 Å². The van der Waals surface area contributed by atoms with Crippen molar-refractivity contribution in [2.45, 2.75) is 13.8 Å². The monoisotopic (exact) mass is 274 g/mol. The van der Waals surface area contributed by atoms with Gasteiger partial charge in [-0.3, -0.25) is 4.79 Å². The second kappa shape index (κ2) is 8.36. The summed E-state index contributed by atoms with van der Waals surface area (Å²) in [5.41, 5.74) is 7.79. The van der Waals surface area contributed by atoms with Crippen LogP contribution < -0.4 is 11.1 Å². The highest BCUT2D eigenvalue weighted by atomic mass is 16.5. The number of carbonyl (C=O) groups is 1. The normalized spacial score (nSPS) is 11.4. The number of hydrogen-bond donors (Lipinski definition) is 2. The zero-order valence-electron chi connectivity index (χ0n) is 12.3. The molecule has 3 N–H and O–H groups in total. The van der Waals surface area contributed by atoms with Crippen LogP contribution in [0, 0.1) is 24.7 Å². The summed E-state index contributed by atoms with van der Waals surface area (Å²) in [5.74, 6) is 5.94. The van der Waals surface area contributed by atoms with E-state index in [2.05, 4.69) is 17.2 Å². The van der Waals surface area contributed by atoms with Crippen molar-refractivity contribution >= 4 is 5.91 Å². The molecule has 0 heterocycles. The van der Waals surface area contributed by atoms with E-state index in [4.69, 9.17) is 10.5 Å². The Labute approximate surface area is 120 Å². The summed E-state index contributed by atoms with van der Waals surface area (Å²) in [6.07, 6.45) is 0. The van der Waals surface area contributed by atoms with Crippen molar-refractivity contribution in [1.82, 2.24) is 5.32 Å². The van der Waals surface area contributed by atoms with Gasteiger partial charge in [-0.25, -0.2) is 0 Å². The smallest absolute Gasteiger partial charge is 0.251 e. The molecule has 0 saturated heterocycles. The van der Waals surface area contributed by atoms with Gasteiger partial charge in [0.1, 0.15) is 0 Å². The summed E-state index contributed by atoms with van der Waals surface area (Å²) >= 11 is 0. The quantitative estimate of drug-likeness (QED) is 0.796. The highest BCUT2D eigenvalue weighted by molar-refractivity contribution is 5.94. The third kappa shape index (κ3) is 5.43. The first kappa shape index (κ1) is 16.2. The molecule has 1 unspecified atom stereocenters. The lowest BCUT2D eigenvalue weighted by Gasteiger charge is -2.12. The minimum atomic E-state index is -0.0903. The van der Waals surface area contributed by atoms with Crippen molar-refractivity contribution in [3.63, 3.8) is 0 Å². The summed E-state index contributed by atoms with van der Waals surface area (Å²) in [4.78, 5) is 12.1. The maximum Gasteiger partial charge on any atom is 0.251 e. The van der Waals surface area contributed by atoms with Crippen LogP contribution in [0.15, 0.2) is 18.2 Å². The van der Waals surface area contributed by atoms with E-state index in [0.717, 1.165) is 11.1 Å². The second-order valence-corrected chi connectivity index (χ2v) is 4.86. The lowest BCUT2D eigenvalue weighted by atomic mass is 10.1. The fraction of sp³-hybridized carbons (Fsp3) is 0.438. The molecule has 4 heteroatoms. The molecule has 0 saturated carbocycles. The van der Waals surface area contributed by atoms with Crippen molar-refractivity contribution in [1.29, 1.82) is 0 Å². The minimum absolute atomic E-state index is 0.0903. The molecule has 0 aromatic heterocycles. The zero-order chi connectivity index (χ0) is 15.0. The van der Waals surface area contributed by atoms with Crippen molar-refractivity contribution in [2.24, 2.45) is 11.7 Å². The van der Waals surface area contributed by atoms with Crippen LogP contribution in [0.25, 0.3) is 0 Å². The first-order valence-electron chi connectivity index (χ1n) is 6.64. The van der Waals surface area contributed by atoms with Gasteiger partial charge in [0, 0.05) is 24.8 Å². The molecule has 1 rings (SSSR count). The molecule has 0 aliphatic carbocycles. The van der Waals surface area contributed by atoms with Gasteiger partial charge in [0.15, 0.2) is 0 Å². The molecule has 1 aromatic carbocycles. The van der Waals surface area contributed by atoms with E-state index in [1.807, 2.05) is 26.0 Å². The molecular formula is C16H22N2O2. The summed E-state index contributed by atoms with van der Waals surface area (Å²) < 4.78 is 5.04. The van der Waals surface area contributed by atoms with Crippen LogP contribution in [0.4, 0.5) is 0 Å². The molecule has 1 atom stereocenters. The molecule has 0 aliphatic rings. The molecule has 0 bridgehead atoms. The Morgan fingerprint density at radius 3 is 2.85 bits per heavy atom. The van der Waals surface area contributed by atoms with Gasteiger partial charge in [-0.2, -0.15) is 0 Å². The zero-order valence-corrected chi connectivity index (χ0v) is 12.3. The summed E-state index contributed by atoms with van der Waals surface area (Å²) in [5, 5.41) is 2.90. The lowest BCUT2D eigenvalue weighted by Crippen LogP contribution is -2.30. The molecular weight excluding hydrogens is 252 g/mol. The van der Waals surface area contributed by atoms with Crippen LogP contribution >= 0.6 is 0 Å². The highest BCUT2D eigenvalue weighted by Crippen LogP contribution is 2.09. The molecule has 4 nitrogen and oxygen atoms in total. The van der Waals surface area contributed by atoms with E-state index in [1.54, 1.807) is 13.2 Å². The number of carbonyl (C=O) groups excluding carboxylic acids is 1. The van der Waals surface area contributed by atoms with Crippen molar-refractivity contribution in [3.05, 3.63) is 34.9 Å². The summed E-state index contributed by atoms with van der Waals surface area (Å²) in [6, 6.07) is 5.57. The number of aryl methyl sites for hydroxylation is 1. The molecule has 1 aromatic rings. The molecule has 1 amide bonds. The van der Waals surface area contributed by atoms with Gasteiger partial charge in [0.25, 0.3) is 5.91 Å². The van der Waals surface area contributed by atoms with E-state index in [9.17, 15) is 4.79 Å². The molecule has 20 heavy (non-hydrogen) atoms. The van der Waals surface area contributed by atoms with E-state index in [-0.39, 0.29) is 11.8 Å². The number of nitrogens with two attached hydrogens (primary N) is 1. The number of hydrogen-bond acceptors (Lipinski definition) is 3. The van der Waals surface area contributed by atoms with Gasteiger partial charge in [-0.05, 0) is 36.6 Å². The Balaban J connectivity index is 2.75. The van der Waals surface area contributed by atoms with Crippen molar-refractivity contribution in [2.75, 3.05) is 26.8 Å². The minimum Gasteiger partial charge on any atom is -0.384 e. The SMILES string of the molecule is COCC(C)CNC(=O)c1cc(C)cc(C#CCN)c1. The molecule has 0 radical (unpaired) electrons. The Kier molecular flexibility index (Phi) is 6.78. The number of benzene rings is 1. The van der Waals surface area contributed by atoms with Crippen LogP contribution in [0.3, 0.4) is 0 Å². The fourth-order valence-corrected chi connectivity index (χ4v) is 1.85. The van der Waals surface area contributed by atoms with E-state index in [1.165, 1.54) is 0 Å². The Bertz CT molecular complexity index is 515. The second-order valence-electron chi connectivity index (χ2n) is 4.86. The van der Waals surface area contributed by atoms with Gasteiger partial charge >= 0.3 is 0 Å². The Morgan fingerprint density at radius 1 is 1.45 bits per heavy atom. The van der Waals surface area contributed by atoms with E-state index in [0.29, 0.717) is 25.3 Å². The molecule has 0 spiro atoms. The van der Waals surface area contributed by atoms with Crippen LogP contribution in [0.1, 0.15) is 28.4 Å². The predicted octanol–water partition coefficient (Wildman–Crippen LogP) is 1.32. The van der Waals surface area contributed by atoms with Crippen LogP contribution in [-0.4, -0.2) is 32.7 Å². The third-order valence-corrected chi connectivity index (χ3v) is 2.74. The first-order chi connectivity index (χ1) is 9.56. The van der Waals surface area contributed by atoms with E-state index < -0.39 is 0 Å². The summed E-state index contributed by atoms with van der Waals surface area (Å²) in [7, 11) is 1.65. The Morgan fingerprint density at radius 2 is 2.20 bits per heavy atom. The first-order valence-corrected chi connectivity index (χ1v) is 6.64. The van der Waals surface area contributed by atoms with Crippen LogP contribution in [0.5, 0.6) is 0 Å². The lowest BCUT2D eigenvalue weighted by molar-refractivity contribution is 0.0934. The average molecular weight is 274 g/mol. The standard InChI is InChI=1S/C16H22N2O2/c1-12-7-14(5-4-6-17)9-15(8-12)16(19)18-10-13(2)11-20-3/h7-9,13H,6,10-11,17H2,1-3H3,(H,18,19). The molecule has 108 valence electrons. The number of methoxy groups -OCH3 is 1. The third-order valence-electron chi connectivity index (χ3n) is 2.74. The highest BCUT2D eigenvalue weighted by Gasteiger charge is 2.09. The maximum atomic E-state index is 12.1. The van der Waals surface area contributed by atoms with Crippen molar-refractivity contribution in [3.8, 4) is 11.8 Å². The molecule has 0 fully saturated rings. The maximum absolute atomic E-state index is 12.1. The van der Waals surface area contributed by atoms with Gasteiger partial charge in [0.05, 0.1) is 13.2 Å². The van der Waals surface area contributed by atoms with Gasteiger partial charge in [0.2, 0.25) is 0 Å². The summed E-state index contributed by atoms with van der Waals surface area (Å²) in [6.45, 7) is 5.49. The van der Waals surface area contributed by atoms with Crippen molar-refractivity contribution < 1.29 is 9.53 Å². The van der Waals surface area contributed by atoms with Gasteiger partial charge < -0.3 is 15.8 Å². The van der Waals surface area contributed by atoms with Gasteiger partial charge in [-0.1, -0.05) is 18.8 Å². The average Bonchev–Trinajstić information content (AvgIpc) is 2.42. The Hall–Kier alpha value is -1.83. The fourth-order valence-electron chi connectivity index (χ4n) is 1.85. The van der Waals surface area contributed by atoms with Crippen LogP contribution in [0.2, 0.25) is 0 Å². The van der Waals surface area contributed by atoms with E-state index >= 15 is 0 Å². The number of nitrogens with one attached hydrogen (secondary N) is 1. The molecule has 0 aliphatic heterocycles. The largest absolute Gasteiger partial charge is 0.384 e. The number of rotatable bonds is 5. The van der Waals surface area contributed by atoms with Gasteiger partial charge in [-0.15, -0.1) is 0 Å². The number of amides is 1. The van der Waals surface area contributed by atoms with Crippen LogP contribution in [-0.2, 0) is 4.74 Å².